The Bertz CT molecular complexity index is 185. The molecule has 0 aliphatic carbocycles. The van der Waals surface area contributed by atoms with Crippen LogP contribution in [0, 0.1) is 0 Å². The molecule has 2 unspecified atom stereocenters. The predicted molar refractivity (Wildman–Crippen MR) is 71.4 cm³/mol. The fourth-order valence-electron chi connectivity index (χ4n) is 2.09. The summed E-state index contributed by atoms with van der Waals surface area (Å²) in [6.07, 6.45) is 6.75. The molecule has 1 aliphatic heterocycles. The van der Waals surface area contributed by atoms with Crippen LogP contribution in [0.5, 0.6) is 0 Å². The molecule has 2 atom stereocenters. The molecule has 0 aromatic heterocycles. The first kappa shape index (κ1) is 14.9. The van der Waals surface area contributed by atoms with Crippen molar-refractivity contribution in [3.8, 4) is 0 Å². The highest BCUT2D eigenvalue weighted by molar-refractivity contribution is 4.75. The van der Waals surface area contributed by atoms with Gasteiger partial charge in [0.25, 0.3) is 0 Å². The van der Waals surface area contributed by atoms with Gasteiger partial charge in [0.2, 0.25) is 0 Å². The maximum Gasteiger partial charge on any atom is 0.0813 e. The number of hydrogen-bond acceptors (Lipinski definition) is 3. The van der Waals surface area contributed by atoms with Crippen LogP contribution in [0.2, 0.25) is 0 Å². The lowest BCUT2D eigenvalue weighted by Gasteiger charge is -2.16. The predicted octanol–water partition coefficient (Wildman–Crippen LogP) is 2.74. The Labute approximate surface area is 106 Å². The van der Waals surface area contributed by atoms with Gasteiger partial charge in [0, 0.05) is 19.2 Å². The van der Waals surface area contributed by atoms with Crippen molar-refractivity contribution in [3.05, 3.63) is 0 Å². The summed E-state index contributed by atoms with van der Waals surface area (Å²) in [5, 5.41) is 3.43. The van der Waals surface area contributed by atoms with E-state index in [2.05, 4.69) is 26.1 Å². The van der Waals surface area contributed by atoms with E-state index in [9.17, 15) is 0 Å². The van der Waals surface area contributed by atoms with Crippen LogP contribution in [0.4, 0.5) is 0 Å². The Morgan fingerprint density at radius 3 is 2.71 bits per heavy atom. The summed E-state index contributed by atoms with van der Waals surface area (Å²) in [7, 11) is 0. The molecule has 1 fully saturated rings. The SMILES string of the molecule is CCCCCOCC1CCC(CNC(C)C)O1. The lowest BCUT2D eigenvalue weighted by atomic mass is 10.2. The highest BCUT2D eigenvalue weighted by Gasteiger charge is 2.24. The summed E-state index contributed by atoms with van der Waals surface area (Å²) in [4.78, 5) is 0. The summed E-state index contributed by atoms with van der Waals surface area (Å²) in [5.41, 5.74) is 0. The van der Waals surface area contributed by atoms with Crippen molar-refractivity contribution < 1.29 is 9.47 Å². The van der Waals surface area contributed by atoms with Crippen LogP contribution >= 0.6 is 0 Å². The molecule has 0 amide bonds. The molecule has 0 aromatic rings. The molecule has 3 heteroatoms. The quantitative estimate of drug-likeness (QED) is 0.632. The number of nitrogens with one attached hydrogen (secondary N) is 1. The van der Waals surface area contributed by atoms with Crippen molar-refractivity contribution >= 4 is 0 Å². The minimum atomic E-state index is 0.329. The number of hydrogen-bond donors (Lipinski definition) is 1. The number of ether oxygens (including phenoxy) is 2. The second-order valence-corrected chi connectivity index (χ2v) is 5.30. The third-order valence-corrected chi connectivity index (χ3v) is 3.15. The summed E-state index contributed by atoms with van der Waals surface area (Å²) in [6, 6.07) is 0.544. The normalized spacial score (nSPS) is 24.7. The summed E-state index contributed by atoms with van der Waals surface area (Å²) in [5.74, 6) is 0. The Kier molecular flexibility index (Phi) is 7.82. The first-order valence-electron chi connectivity index (χ1n) is 7.19. The van der Waals surface area contributed by atoms with Crippen LogP contribution in [0.25, 0.3) is 0 Å². The van der Waals surface area contributed by atoms with Gasteiger partial charge in [-0.1, -0.05) is 33.6 Å². The zero-order valence-corrected chi connectivity index (χ0v) is 11.7. The molecule has 1 heterocycles. The van der Waals surface area contributed by atoms with E-state index in [1.165, 1.54) is 25.7 Å². The molecule has 3 nitrogen and oxygen atoms in total. The van der Waals surface area contributed by atoms with Crippen LogP contribution in [-0.2, 0) is 9.47 Å². The molecular formula is C14H29NO2. The Morgan fingerprint density at radius 1 is 1.24 bits per heavy atom. The van der Waals surface area contributed by atoms with E-state index in [1.54, 1.807) is 0 Å². The second-order valence-electron chi connectivity index (χ2n) is 5.30. The van der Waals surface area contributed by atoms with E-state index in [0.717, 1.165) is 26.2 Å². The fraction of sp³-hybridized carbons (Fsp3) is 1.00. The third kappa shape index (κ3) is 7.02. The van der Waals surface area contributed by atoms with Crippen molar-refractivity contribution in [2.45, 2.75) is 71.1 Å². The molecule has 1 N–H and O–H groups in total. The topological polar surface area (TPSA) is 30.5 Å². The van der Waals surface area contributed by atoms with E-state index < -0.39 is 0 Å². The fourth-order valence-corrected chi connectivity index (χ4v) is 2.09. The standard InChI is InChI=1S/C14H29NO2/c1-4-5-6-9-16-11-14-8-7-13(17-14)10-15-12(2)3/h12-15H,4-11H2,1-3H3. The van der Waals surface area contributed by atoms with Gasteiger partial charge >= 0.3 is 0 Å². The maximum absolute atomic E-state index is 5.93. The molecule has 0 radical (unpaired) electrons. The third-order valence-electron chi connectivity index (χ3n) is 3.15. The van der Waals surface area contributed by atoms with Crippen LogP contribution in [0.1, 0.15) is 52.9 Å². The highest BCUT2D eigenvalue weighted by atomic mass is 16.5. The van der Waals surface area contributed by atoms with Crippen molar-refractivity contribution in [2.24, 2.45) is 0 Å². The van der Waals surface area contributed by atoms with Gasteiger partial charge < -0.3 is 14.8 Å². The summed E-state index contributed by atoms with van der Waals surface area (Å²) >= 11 is 0. The van der Waals surface area contributed by atoms with Gasteiger partial charge in [-0.05, 0) is 19.3 Å². The Balaban J connectivity index is 1.97. The van der Waals surface area contributed by atoms with Gasteiger partial charge in [0.05, 0.1) is 18.8 Å². The van der Waals surface area contributed by atoms with Gasteiger partial charge in [0.1, 0.15) is 0 Å². The first-order chi connectivity index (χ1) is 8.22. The van der Waals surface area contributed by atoms with E-state index in [-0.39, 0.29) is 0 Å². The number of rotatable bonds is 9. The van der Waals surface area contributed by atoms with Gasteiger partial charge in [-0.3, -0.25) is 0 Å². The molecule has 102 valence electrons. The van der Waals surface area contributed by atoms with Crippen LogP contribution in [0.3, 0.4) is 0 Å². The molecule has 1 aliphatic rings. The van der Waals surface area contributed by atoms with Crippen molar-refractivity contribution in [1.82, 2.24) is 5.32 Å². The molecule has 0 spiro atoms. The molecule has 1 saturated heterocycles. The lowest BCUT2D eigenvalue weighted by molar-refractivity contribution is -0.0153. The minimum Gasteiger partial charge on any atom is -0.379 e. The lowest BCUT2D eigenvalue weighted by Crippen LogP contribution is -2.32. The smallest absolute Gasteiger partial charge is 0.0813 e. The van der Waals surface area contributed by atoms with Crippen LogP contribution < -0.4 is 5.32 Å². The van der Waals surface area contributed by atoms with Gasteiger partial charge in [0.15, 0.2) is 0 Å². The average molecular weight is 243 g/mol. The zero-order valence-electron chi connectivity index (χ0n) is 11.7. The second kappa shape index (κ2) is 8.90. The molecular weight excluding hydrogens is 214 g/mol. The maximum atomic E-state index is 5.93. The highest BCUT2D eigenvalue weighted by Crippen LogP contribution is 2.19. The average Bonchev–Trinajstić information content (AvgIpc) is 2.74. The largest absolute Gasteiger partial charge is 0.379 e. The van der Waals surface area contributed by atoms with Crippen molar-refractivity contribution in [1.29, 1.82) is 0 Å². The first-order valence-corrected chi connectivity index (χ1v) is 7.19. The molecule has 0 aromatic carbocycles. The van der Waals surface area contributed by atoms with Gasteiger partial charge in [-0.15, -0.1) is 0 Å². The monoisotopic (exact) mass is 243 g/mol. The molecule has 0 bridgehead atoms. The molecule has 0 saturated carbocycles. The van der Waals surface area contributed by atoms with E-state index in [4.69, 9.17) is 9.47 Å². The van der Waals surface area contributed by atoms with E-state index in [0.29, 0.717) is 18.2 Å². The molecule has 1 rings (SSSR count). The Hall–Kier alpha value is -0.120. The summed E-state index contributed by atoms with van der Waals surface area (Å²) < 4.78 is 11.6. The summed E-state index contributed by atoms with van der Waals surface area (Å²) in [6.45, 7) is 9.20. The van der Waals surface area contributed by atoms with Gasteiger partial charge in [-0.2, -0.15) is 0 Å². The van der Waals surface area contributed by atoms with Crippen molar-refractivity contribution in [3.63, 3.8) is 0 Å². The van der Waals surface area contributed by atoms with Crippen LogP contribution in [0.15, 0.2) is 0 Å². The van der Waals surface area contributed by atoms with E-state index in [1.807, 2.05) is 0 Å². The van der Waals surface area contributed by atoms with Gasteiger partial charge in [-0.25, -0.2) is 0 Å². The number of unbranched alkanes of at least 4 members (excludes halogenated alkanes) is 2. The van der Waals surface area contributed by atoms with Crippen molar-refractivity contribution in [2.75, 3.05) is 19.8 Å². The van der Waals surface area contributed by atoms with Crippen LogP contribution in [-0.4, -0.2) is 38.0 Å². The molecule has 17 heavy (non-hydrogen) atoms. The van der Waals surface area contributed by atoms with E-state index >= 15 is 0 Å². The Morgan fingerprint density at radius 2 is 2.00 bits per heavy atom. The minimum absolute atomic E-state index is 0.329. The zero-order chi connectivity index (χ0) is 12.5.